The molecule has 0 radical (unpaired) electrons. The van der Waals surface area contributed by atoms with Gasteiger partial charge >= 0.3 is 11.8 Å². The number of hydrogen-bond acceptors (Lipinski definition) is 6. The maximum Gasteiger partial charge on any atom is 0.313 e. The van der Waals surface area contributed by atoms with Crippen LogP contribution in [-0.4, -0.2) is 54.6 Å². The normalized spacial score (nSPS) is 15.9. The van der Waals surface area contributed by atoms with Gasteiger partial charge in [0.25, 0.3) is 0 Å². The Morgan fingerprint density at radius 2 is 1.62 bits per heavy atom. The smallest absolute Gasteiger partial charge is 0.313 e. The van der Waals surface area contributed by atoms with Gasteiger partial charge in [-0.3, -0.25) is 24.0 Å². The molecule has 14 heteroatoms. The van der Waals surface area contributed by atoms with E-state index in [0.29, 0.717) is 25.1 Å². The number of anilines is 1. The highest BCUT2D eigenvalue weighted by Crippen LogP contribution is 2.23. The van der Waals surface area contributed by atoms with E-state index < -0.39 is 77.1 Å². The van der Waals surface area contributed by atoms with Crippen molar-refractivity contribution in [1.29, 1.82) is 0 Å². The number of carbonyl (C=O) groups is 5. The summed E-state index contributed by atoms with van der Waals surface area (Å²) in [6.45, 7) is 2.86. The predicted molar refractivity (Wildman–Crippen MR) is 141 cm³/mol. The van der Waals surface area contributed by atoms with Crippen molar-refractivity contribution < 1.29 is 46.3 Å². The van der Waals surface area contributed by atoms with Crippen molar-refractivity contribution in [3.8, 4) is 5.75 Å². The minimum absolute atomic E-state index is 0.0257. The lowest BCUT2D eigenvalue weighted by molar-refractivity contribution is -0.138. The molecule has 1 heterocycles. The van der Waals surface area contributed by atoms with Gasteiger partial charge in [0.2, 0.25) is 11.8 Å². The number of rotatable bonds is 12. The first-order valence-electron chi connectivity index (χ1n) is 13.1. The molecule has 2 aromatic carbocycles. The van der Waals surface area contributed by atoms with E-state index in [1.54, 1.807) is 13.8 Å². The van der Waals surface area contributed by atoms with Crippen LogP contribution < -0.4 is 26.0 Å². The lowest BCUT2D eigenvalue weighted by Gasteiger charge is -2.25. The second-order valence-electron chi connectivity index (χ2n) is 10.1. The molecular weight excluding hydrogens is 564 g/mol. The molecule has 226 valence electrons. The zero-order valence-corrected chi connectivity index (χ0v) is 22.8. The number of ether oxygens (including phenoxy) is 1. The van der Waals surface area contributed by atoms with Gasteiger partial charge in [-0.2, -0.15) is 0 Å². The minimum Gasteiger partial charge on any atom is -0.480 e. The van der Waals surface area contributed by atoms with Gasteiger partial charge < -0.3 is 26.0 Å². The first-order valence-corrected chi connectivity index (χ1v) is 13.1. The number of amides is 4. The van der Waals surface area contributed by atoms with Crippen LogP contribution in [0.1, 0.15) is 33.1 Å². The molecule has 0 spiro atoms. The predicted octanol–water partition coefficient (Wildman–Crippen LogP) is 2.37. The fourth-order valence-corrected chi connectivity index (χ4v) is 4.28. The minimum atomic E-state index is -1.39. The molecule has 1 saturated heterocycles. The number of ketones is 1. The molecule has 3 rings (SSSR count). The SMILES string of the molecule is CC(C)C[C@H](NC(=O)C(=O)Nc1ccccc1F)C(=O)N[C@@H](C[C@@H]1CCNC1=O)C(=O)COc1c(F)cc(F)cc1F. The van der Waals surface area contributed by atoms with Gasteiger partial charge in [0.1, 0.15) is 24.3 Å². The second-order valence-corrected chi connectivity index (χ2v) is 10.1. The third-order valence-corrected chi connectivity index (χ3v) is 6.37. The number of Topliss-reactive ketones (excluding diaryl/α,β-unsaturated/α-hetero) is 1. The molecule has 1 fully saturated rings. The van der Waals surface area contributed by atoms with Gasteiger partial charge in [0.15, 0.2) is 23.2 Å². The summed E-state index contributed by atoms with van der Waals surface area (Å²) in [4.78, 5) is 63.5. The van der Waals surface area contributed by atoms with Gasteiger partial charge in [0, 0.05) is 24.6 Å². The van der Waals surface area contributed by atoms with Crippen LogP contribution in [0.15, 0.2) is 36.4 Å². The third kappa shape index (κ3) is 8.75. The molecule has 0 unspecified atom stereocenters. The van der Waals surface area contributed by atoms with Crippen molar-refractivity contribution in [2.75, 3.05) is 18.5 Å². The van der Waals surface area contributed by atoms with E-state index in [0.717, 1.165) is 6.07 Å². The number of halogens is 4. The molecular formula is C28H30F4N4O6. The van der Waals surface area contributed by atoms with E-state index in [2.05, 4.69) is 21.3 Å². The third-order valence-electron chi connectivity index (χ3n) is 6.37. The molecule has 2 aromatic rings. The Kier molecular flexibility index (Phi) is 11.0. The first kappa shape index (κ1) is 32.0. The molecule has 1 aliphatic heterocycles. The van der Waals surface area contributed by atoms with E-state index in [1.165, 1.54) is 18.2 Å². The molecule has 4 N–H and O–H groups in total. The summed E-state index contributed by atoms with van der Waals surface area (Å²) in [7, 11) is 0. The Bertz CT molecular complexity index is 1330. The van der Waals surface area contributed by atoms with E-state index >= 15 is 0 Å². The molecule has 0 saturated carbocycles. The largest absolute Gasteiger partial charge is 0.480 e. The van der Waals surface area contributed by atoms with Crippen molar-refractivity contribution in [2.45, 2.75) is 45.2 Å². The maximum atomic E-state index is 14.0. The van der Waals surface area contributed by atoms with Gasteiger partial charge in [0.05, 0.1) is 11.7 Å². The van der Waals surface area contributed by atoms with E-state index in [4.69, 9.17) is 4.74 Å². The Morgan fingerprint density at radius 1 is 0.952 bits per heavy atom. The van der Waals surface area contributed by atoms with Gasteiger partial charge in [-0.1, -0.05) is 26.0 Å². The molecule has 4 amide bonds. The molecule has 0 bridgehead atoms. The number of benzene rings is 2. The second kappa shape index (κ2) is 14.4. The lowest BCUT2D eigenvalue weighted by Crippen LogP contribution is -2.54. The van der Waals surface area contributed by atoms with Gasteiger partial charge in [-0.15, -0.1) is 0 Å². The summed E-state index contributed by atoms with van der Waals surface area (Å²) in [6, 6.07) is 3.15. The van der Waals surface area contributed by atoms with E-state index in [-0.39, 0.29) is 30.4 Å². The highest BCUT2D eigenvalue weighted by Gasteiger charge is 2.34. The number of para-hydroxylation sites is 1. The molecule has 10 nitrogen and oxygen atoms in total. The van der Waals surface area contributed by atoms with Crippen LogP contribution in [-0.2, 0) is 24.0 Å². The van der Waals surface area contributed by atoms with E-state index in [9.17, 15) is 41.5 Å². The maximum absolute atomic E-state index is 14.0. The zero-order valence-electron chi connectivity index (χ0n) is 22.8. The topological polar surface area (TPSA) is 143 Å². The van der Waals surface area contributed by atoms with Crippen LogP contribution in [0.3, 0.4) is 0 Å². The van der Waals surface area contributed by atoms with Crippen molar-refractivity contribution in [1.82, 2.24) is 16.0 Å². The summed E-state index contributed by atoms with van der Waals surface area (Å²) in [5.41, 5.74) is -0.253. The summed E-state index contributed by atoms with van der Waals surface area (Å²) in [5, 5.41) is 9.42. The van der Waals surface area contributed by atoms with Gasteiger partial charge in [-0.05, 0) is 37.3 Å². The standard InChI is InChI=1S/C28H30F4N4O6/c1-14(2)9-22(36-28(41)27(40)34-20-6-4-3-5-17(20)30)26(39)35-21(10-15-7-8-33-25(15)38)23(37)13-42-24-18(31)11-16(29)12-19(24)32/h3-6,11-12,14-15,21-22H,7-10,13H2,1-2H3,(H,33,38)(H,34,40)(H,35,39)(H,36,41)/t15-,21-,22-/m0/s1. The summed E-state index contributed by atoms with van der Waals surface area (Å²) < 4.78 is 60.0. The van der Waals surface area contributed by atoms with Crippen molar-refractivity contribution in [3.05, 3.63) is 59.7 Å². The molecule has 0 aliphatic carbocycles. The molecule has 1 aliphatic rings. The summed E-state index contributed by atoms with van der Waals surface area (Å²) in [6.07, 6.45) is 0.186. The Morgan fingerprint density at radius 3 is 2.21 bits per heavy atom. The molecule has 42 heavy (non-hydrogen) atoms. The summed E-state index contributed by atoms with van der Waals surface area (Å²) >= 11 is 0. The average molecular weight is 595 g/mol. The highest BCUT2D eigenvalue weighted by molar-refractivity contribution is 6.40. The Balaban J connectivity index is 1.74. The van der Waals surface area contributed by atoms with Crippen LogP contribution in [0, 0.1) is 35.1 Å². The Labute approximate surface area is 238 Å². The van der Waals surface area contributed by atoms with Crippen LogP contribution in [0.5, 0.6) is 5.75 Å². The Hall–Kier alpha value is -4.49. The number of carbonyl (C=O) groups excluding carboxylic acids is 5. The van der Waals surface area contributed by atoms with Crippen LogP contribution in [0.2, 0.25) is 0 Å². The van der Waals surface area contributed by atoms with E-state index in [1.807, 2.05) is 0 Å². The average Bonchev–Trinajstić information content (AvgIpc) is 3.32. The van der Waals surface area contributed by atoms with Gasteiger partial charge in [-0.25, -0.2) is 17.6 Å². The fourth-order valence-electron chi connectivity index (χ4n) is 4.28. The monoisotopic (exact) mass is 594 g/mol. The van der Waals surface area contributed by atoms with Crippen LogP contribution >= 0.6 is 0 Å². The molecule has 3 atom stereocenters. The van der Waals surface area contributed by atoms with Crippen LogP contribution in [0.4, 0.5) is 23.2 Å². The zero-order chi connectivity index (χ0) is 31.0. The number of hydrogen-bond donors (Lipinski definition) is 4. The first-order chi connectivity index (χ1) is 19.8. The molecule has 0 aromatic heterocycles. The van der Waals surface area contributed by atoms with Crippen LogP contribution in [0.25, 0.3) is 0 Å². The summed E-state index contributed by atoms with van der Waals surface area (Å²) in [5.74, 6) is -11.2. The lowest BCUT2D eigenvalue weighted by atomic mass is 9.95. The highest BCUT2D eigenvalue weighted by atomic mass is 19.1. The quantitative estimate of drug-likeness (QED) is 0.220. The van der Waals surface area contributed by atoms with Crippen molar-refractivity contribution >= 4 is 35.1 Å². The van der Waals surface area contributed by atoms with Crippen molar-refractivity contribution in [3.63, 3.8) is 0 Å². The fraction of sp³-hybridized carbons (Fsp3) is 0.393. The van der Waals surface area contributed by atoms with Crippen molar-refractivity contribution in [2.24, 2.45) is 11.8 Å². The number of nitrogens with one attached hydrogen (secondary N) is 4.